The third-order valence-electron chi connectivity index (χ3n) is 7.94. The number of amides is 2. The maximum atomic E-state index is 13.0. The van der Waals surface area contributed by atoms with E-state index in [0.29, 0.717) is 6.42 Å². The Morgan fingerprint density at radius 2 is 1.65 bits per heavy atom. The van der Waals surface area contributed by atoms with Crippen molar-refractivity contribution >= 4 is 18.0 Å². The SMILES string of the molecule is O=C(NCC1(C(=O)N[C@@H](CO)C(=O)O)CC12CCC2)OCC1c2ccccc2-c2ccccc21. The maximum Gasteiger partial charge on any atom is 0.407 e. The van der Waals surface area contributed by atoms with Crippen LogP contribution in [0.5, 0.6) is 0 Å². The Kier molecular flexibility index (Phi) is 5.56. The highest BCUT2D eigenvalue weighted by Crippen LogP contribution is 2.73. The van der Waals surface area contributed by atoms with E-state index in [1.165, 1.54) is 0 Å². The molecule has 34 heavy (non-hydrogen) atoms. The summed E-state index contributed by atoms with van der Waals surface area (Å²) in [5, 5.41) is 23.6. The van der Waals surface area contributed by atoms with Crippen molar-refractivity contribution in [1.82, 2.24) is 10.6 Å². The van der Waals surface area contributed by atoms with Gasteiger partial charge in [-0.05, 0) is 46.9 Å². The zero-order valence-corrected chi connectivity index (χ0v) is 18.8. The van der Waals surface area contributed by atoms with Crippen molar-refractivity contribution in [2.24, 2.45) is 10.8 Å². The zero-order chi connectivity index (χ0) is 23.9. The summed E-state index contributed by atoms with van der Waals surface area (Å²) in [6.45, 7) is -0.437. The summed E-state index contributed by atoms with van der Waals surface area (Å²) < 4.78 is 5.59. The van der Waals surface area contributed by atoms with Crippen molar-refractivity contribution in [2.45, 2.75) is 37.6 Å². The second-order valence-electron chi connectivity index (χ2n) is 9.62. The third kappa shape index (κ3) is 3.53. The summed E-state index contributed by atoms with van der Waals surface area (Å²) in [4.78, 5) is 36.9. The van der Waals surface area contributed by atoms with E-state index >= 15 is 0 Å². The average molecular weight is 465 g/mol. The van der Waals surface area contributed by atoms with Gasteiger partial charge in [0.2, 0.25) is 5.91 Å². The minimum atomic E-state index is -1.36. The molecule has 2 saturated carbocycles. The predicted molar refractivity (Wildman–Crippen MR) is 123 cm³/mol. The minimum absolute atomic E-state index is 0.0600. The highest BCUT2D eigenvalue weighted by Gasteiger charge is 2.73. The number of carbonyl (C=O) groups excluding carboxylic acids is 2. The van der Waals surface area contributed by atoms with Crippen molar-refractivity contribution < 1.29 is 29.3 Å². The highest BCUT2D eigenvalue weighted by atomic mass is 16.5. The molecule has 1 unspecified atom stereocenters. The number of hydrogen-bond donors (Lipinski definition) is 4. The van der Waals surface area contributed by atoms with E-state index in [9.17, 15) is 24.6 Å². The van der Waals surface area contributed by atoms with Crippen molar-refractivity contribution in [1.29, 1.82) is 0 Å². The molecule has 5 rings (SSSR count). The molecule has 2 fully saturated rings. The molecule has 0 bridgehead atoms. The van der Waals surface area contributed by atoms with Gasteiger partial charge >= 0.3 is 12.1 Å². The monoisotopic (exact) mass is 464 g/mol. The van der Waals surface area contributed by atoms with Gasteiger partial charge in [-0.15, -0.1) is 0 Å². The van der Waals surface area contributed by atoms with Gasteiger partial charge in [0, 0.05) is 12.5 Å². The smallest absolute Gasteiger partial charge is 0.407 e. The number of hydrogen-bond acceptors (Lipinski definition) is 5. The molecule has 1 spiro atoms. The molecule has 3 aliphatic carbocycles. The van der Waals surface area contributed by atoms with Gasteiger partial charge < -0.3 is 25.6 Å². The first-order valence-electron chi connectivity index (χ1n) is 11.6. The summed E-state index contributed by atoms with van der Waals surface area (Å²) in [7, 11) is 0. The van der Waals surface area contributed by atoms with Gasteiger partial charge in [-0.2, -0.15) is 0 Å². The number of rotatable bonds is 8. The number of carboxylic acids is 1. The molecule has 2 atom stereocenters. The number of ether oxygens (including phenoxy) is 1. The third-order valence-corrected chi connectivity index (χ3v) is 7.94. The van der Waals surface area contributed by atoms with Crippen LogP contribution >= 0.6 is 0 Å². The molecule has 178 valence electrons. The summed E-state index contributed by atoms with van der Waals surface area (Å²) in [6.07, 6.45) is 2.72. The van der Waals surface area contributed by atoms with E-state index in [-0.39, 0.29) is 24.5 Å². The molecule has 0 aliphatic heterocycles. The van der Waals surface area contributed by atoms with Gasteiger partial charge in [-0.3, -0.25) is 4.79 Å². The molecule has 2 aromatic rings. The van der Waals surface area contributed by atoms with Crippen LogP contribution < -0.4 is 10.6 Å². The molecule has 0 heterocycles. The second-order valence-corrected chi connectivity index (χ2v) is 9.62. The Labute approximate surface area is 197 Å². The van der Waals surface area contributed by atoms with Gasteiger partial charge in [0.05, 0.1) is 12.0 Å². The highest BCUT2D eigenvalue weighted by molar-refractivity contribution is 5.91. The molecule has 8 heteroatoms. The topological polar surface area (TPSA) is 125 Å². The first-order valence-corrected chi connectivity index (χ1v) is 11.6. The zero-order valence-electron chi connectivity index (χ0n) is 18.8. The van der Waals surface area contributed by atoms with E-state index in [2.05, 4.69) is 22.8 Å². The molecular weight excluding hydrogens is 436 g/mol. The Balaban J connectivity index is 1.23. The number of alkyl carbamates (subject to hydrolysis) is 1. The molecule has 0 saturated heterocycles. The average Bonchev–Trinajstić information content (AvgIpc) is 3.44. The molecule has 0 radical (unpaired) electrons. The Morgan fingerprint density at radius 1 is 1.03 bits per heavy atom. The number of benzene rings is 2. The molecule has 3 aliphatic rings. The Morgan fingerprint density at radius 3 is 2.15 bits per heavy atom. The lowest BCUT2D eigenvalue weighted by Gasteiger charge is -2.33. The molecule has 2 amide bonds. The van der Waals surface area contributed by atoms with E-state index in [4.69, 9.17) is 4.74 Å². The first kappa shape index (κ1) is 22.4. The van der Waals surface area contributed by atoms with Crippen LogP contribution in [-0.4, -0.2) is 54.0 Å². The van der Waals surface area contributed by atoms with Crippen LogP contribution in [0.1, 0.15) is 42.7 Å². The van der Waals surface area contributed by atoms with E-state index < -0.39 is 36.0 Å². The van der Waals surface area contributed by atoms with Crippen molar-refractivity contribution in [3.8, 4) is 11.1 Å². The van der Waals surface area contributed by atoms with E-state index in [0.717, 1.165) is 41.5 Å². The van der Waals surface area contributed by atoms with Crippen molar-refractivity contribution in [3.05, 3.63) is 59.7 Å². The summed E-state index contributed by atoms with van der Waals surface area (Å²) >= 11 is 0. The lowest BCUT2D eigenvalue weighted by molar-refractivity contribution is -0.144. The Hall–Kier alpha value is -3.39. The number of fused-ring (bicyclic) bond motifs is 3. The Bertz CT molecular complexity index is 1100. The second kappa shape index (κ2) is 8.43. The fourth-order valence-electron chi connectivity index (χ4n) is 5.80. The normalized spacial score (nSPS) is 22.1. The number of carboxylic acid groups (broad SMARTS) is 1. The van der Waals surface area contributed by atoms with Gasteiger partial charge in [-0.25, -0.2) is 9.59 Å². The minimum Gasteiger partial charge on any atom is -0.480 e. The van der Waals surface area contributed by atoms with Gasteiger partial charge in [0.1, 0.15) is 12.6 Å². The largest absolute Gasteiger partial charge is 0.480 e. The summed E-state index contributed by atoms with van der Waals surface area (Å²) in [5.41, 5.74) is 3.46. The molecule has 2 aromatic carbocycles. The van der Waals surface area contributed by atoms with E-state index in [1.54, 1.807) is 0 Å². The maximum absolute atomic E-state index is 13.0. The summed E-state index contributed by atoms with van der Waals surface area (Å²) in [6, 6.07) is 14.8. The van der Waals surface area contributed by atoms with Gasteiger partial charge in [-0.1, -0.05) is 55.0 Å². The fourth-order valence-corrected chi connectivity index (χ4v) is 5.80. The number of aliphatic hydroxyl groups is 1. The fraction of sp³-hybridized carbons (Fsp3) is 0.423. The number of aliphatic carboxylic acids is 1. The molecule has 8 nitrogen and oxygen atoms in total. The van der Waals surface area contributed by atoms with Crippen LogP contribution in [-0.2, 0) is 14.3 Å². The van der Waals surface area contributed by atoms with Crippen LogP contribution in [0.25, 0.3) is 11.1 Å². The van der Waals surface area contributed by atoms with Crippen molar-refractivity contribution in [2.75, 3.05) is 19.8 Å². The molecular formula is C26H28N2O6. The van der Waals surface area contributed by atoms with Gasteiger partial charge in [0.25, 0.3) is 0 Å². The first-order chi connectivity index (χ1) is 16.4. The van der Waals surface area contributed by atoms with Crippen LogP contribution in [0.3, 0.4) is 0 Å². The van der Waals surface area contributed by atoms with E-state index in [1.807, 2.05) is 36.4 Å². The van der Waals surface area contributed by atoms with Crippen LogP contribution in [0.2, 0.25) is 0 Å². The van der Waals surface area contributed by atoms with Crippen molar-refractivity contribution in [3.63, 3.8) is 0 Å². The van der Waals surface area contributed by atoms with Crippen LogP contribution in [0, 0.1) is 10.8 Å². The molecule has 0 aromatic heterocycles. The quantitative estimate of drug-likeness (QED) is 0.476. The number of carbonyl (C=O) groups is 3. The predicted octanol–water partition coefficient (Wildman–Crippen LogP) is 2.65. The summed E-state index contributed by atoms with van der Waals surface area (Å²) in [5.74, 6) is -1.79. The standard InChI is InChI=1S/C26H28N2O6/c29-12-21(22(30)31)28-23(32)26(14-25(26)10-5-11-25)15-27-24(33)34-13-20-18-8-3-1-6-16(18)17-7-2-4-9-19(17)20/h1-4,6-9,20-21,29H,5,10-15H2,(H,27,33)(H,28,32)(H,30,31)/t21-,26?/m0/s1. The van der Waals surface area contributed by atoms with Crippen LogP contribution in [0.4, 0.5) is 4.79 Å². The van der Waals surface area contributed by atoms with Gasteiger partial charge in [0.15, 0.2) is 0 Å². The lowest BCUT2D eigenvalue weighted by Crippen LogP contribution is -2.51. The molecule has 4 N–H and O–H groups in total. The number of nitrogens with one attached hydrogen (secondary N) is 2. The van der Waals surface area contributed by atoms with Crippen LogP contribution in [0.15, 0.2) is 48.5 Å². The number of aliphatic hydroxyl groups excluding tert-OH is 1. The lowest BCUT2D eigenvalue weighted by atomic mass is 9.74.